The number of hydrogen-bond acceptors (Lipinski definition) is 4. The maximum Gasteiger partial charge on any atom is 0.325 e. The molecule has 0 aromatic heterocycles. The lowest BCUT2D eigenvalue weighted by molar-refractivity contribution is -0.141. The second kappa shape index (κ2) is 8.58. The summed E-state index contributed by atoms with van der Waals surface area (Å²) in [6, 6.07) is 12.2. The highest BCUT2D eigenvalue weighted by Gasteiger charge is 2.15. The molecule has 0 fully saturated rings. The third kappa shape index (κ3) is 6.02. The van der Waals surface area contributed by atoms with E-state index in [9.17, 15) is 18.8 Å². The minimum absolute atomic E-state index is 0.0208. The first-order chi connectivity index (χ1) is 12.7. The minimum Gasteiger partial charge on any atom is -0.456 e. The fourth-order valence-electron chi connectivity index (χ4n) is 2.32. The quantitative estimate of drug-likeness (QED) is 0.625. The zero-order chi connectivity index (χ0) is 20.0. The van der Waals surface area contributed by atoms with Gasteiger partial charge in [0, 0.05) is 11.1 Å². The number of ketones is 1. The van der Waals surface area contributed by atoms with E-state index in [0.717, 1.165) is 11.6 Å². The molecule has 0 aliphatic rings. The van der Waals surface area contributed by atoms with Gasteiger partial charge >= 0.3 is 5.97 Å². The number of amides is 1. The molecule has 2 aromatic carbocycles. The first kappa shape index (κ1) is 20.3. The summed E-state index contributed by atoms with van der Waals surface area (Å²) in [5.41, 5.74) is 1.61. The Labute approximate surface area is 157 Å². The van der Waals surface area contributed by atoms with Crippen LogP contribution in [0.15, 0.2) is 48.5 Å². The standard InChI is InChI=1S/C21H22FNO4/c1-21(2,3)16-9-7-14(8-10-16)20(26)23-12-19(25)27-13-18(24)15-5-4-6-17(22)11-15/h4-11H,12-13H2,1-3H3,(H,23,26). The van der Waals surface area contributed by atoms with Crippen LogP contribution in [0.2, 0.25) is 0 Å². The lowest BCUT2D eigenvalue weighted by Crippen LogP contribution is -2.31. The summed E-state index contributed by atoms with van der Waals surface area (Å²) < 4.78 is 17.9. The molecule has 0 saturated heterocycles. The molecule has 1 N–H and O–H groups in total. The molecule has 5 nitrogen and oxygen atoms in total. The summed E-state index contributed by atoms with van der Waals surface area (Å²) in [6.07, 6.45) is 0. The molecule has 0 heterocycles. The fraction of sp³-hybridized carbons (Fsp3) is 0.286. The number of hydrogen-bond donors (Lipinski definition) is 1. The molecule has 0 radical (unpaired) electrons. The van der Waals surface area contributed by atoms with E-state index in [1.807, 2.05) is 12.1 Å². The van der Waals surface area contributed by atoms with Crippen molar-refractivity contribution in [3.8, 4) is 0 Å². The molecular formula is C21H22FNO4. The van der Waals surface area contributed by atoms with Gasteiger partial charge in [-0.25, -0.2) is 4.39 Å². The maximum absolute atomic E-state index is 13.1. The van der Waals surface area contributed by atoms with Crippen LogP contribution < -0.4 is 5.32 Å². The lowest BCUT2D eigenvalue weighted by Gasteiger charge is -2.19. The number of rotatable bonds is 6. The summed E-state index contributed by atoms with van der Waals surface area (Å²) in [5.74, 6) is -2.23. The van der Waals surface area contributed by atoms with E-state index < -0.39 is 30.1 Å². The van der Waals surface area contributed by atoms with Gasteiger partial charge in [0.1, 0.15) is 12.4 Å². The number of carbonyl (C=O) groups excluding carboxylic acids is 3. The molecule has 0 saturated carbocycles. The smallest absolute Gasteiger partial charge is 0.325 e. The topological polar surface area (TPSA) is 72.5 Å². The van der Waals surface area contributed by atoms with Gasteiger partial charge in [0.05, 0.1) is 0 Å². The SMILES string of the molecule is CC(C)(C)c1ccc(C(=O)NCC(=O)OCC(=O)c2cccc(F)c2)cc1. The summed E-state index contributed by atoms with van der Waals surface area (Å²) in [5, 5.41) is 2.44. The van der Waals surface area contributed by atoms with Crippen molar-refractivity contribution in [2.45, 2.75) is 26.2 Å². The van der Waals surface area contributed by atoms with Gasteiger partial charge in [-0.2, -0.15) is 0 Å². The first-order valence-electron chi connectivity index (χ1n) is 8.50. The average Bonchev–Trinajstić information content (AvgIpc) is 2.63. The molecule has 0 aliphatic carbocycles. The predicted octanol–water partition coefficient (Wildman–Crippen LogP) is 3.28. The maximum atomic E-state index is 13.1. The van der Waals surface area contributed by atoms with Crippen LogP contribution in [0.25, 0.3) is 0 Å². The molecule has 0 aliphatic heterocycles. The van der Waals surface area contributed by atoms with Crippen LogP contribution in [0.3, 0.4) is 0 Å². The van der Waals surface area contributed by atoms with Crippen LogP contribution in [0.5, 0.6) is 0 Å². The van der Waals surface area contributed by atoms with Gasteiger partial charge in [0.15, 0.2) is 12.4 Å². The number of benzene rings is 2. The van der Waals surface area contributed by atoms with Crippen molar-refractivity contribution in [3.63, 3.8) is 0 Å². The highest BCUT2D eigenvalue weighted by molar-refractivity contribution is 5.98. The largest absolute Gasteiger partial charge is 0.456 e. The molecule has 0 atom stereocenters. The van der Waals surface area contributed by atoms with Crippen LogP contribution in [0.4, 0.5) is 4.39 Å². The Morgan fingerprint density at radius 1 is 1.00 bits per heavy atom. The highest BCUT2D eigenvalue weighted by Crippen LogP contribution is 2.22. The van der Waals surface area contributed by atoms with Gasteiger partial charge in [0.25, 0.3) is 5.91 Å². The van der Waals surface area contributed by atoms with Crippen LogP contribution in [-0.2, 0) is 14.9 Å². The predicted molar refractivity (Wildman–Crippen MR) is 99.2 cm³/mol. The summed E-state index contributed by atoms with van der Waals surface area (Å²) in [7, 11) is 0. The summed E-state index contributed by atoms with van der Waals surface area (Å²) in [4.78, 5) is 35.6. The van der Waals surface area contributed by atoms with Crippen molar-refractivity contribution < 1.29 is 23.5 Å². The molecule has 2 aromatic rings. The normalized spacial score (nSPS) is 11.0. The Morgan fingerprint density at radius 3 is 2.26 bits per heavy atom. The Kier molecular flexibility index (Phi) is 6.45. The van der Waals surface area contributed by atoms with Gasteiger partial charge in [-0.15, -0.1) is 0 Å². The van der Waals surface area contributed by atoms with Crippen molar-refractivity contribution in [1.82, 2.24) is 5.32 Å². The molecule has 1 amide bonds. The number of esters is 1. The second-order valence-electron chi connectivity index (χ2n) is 7.10. The van der Waals surface area contributed by atoms with Crippen LogP contribution >= 0.6 is 0 Å². The number of ether oxygens (including phenoxy) is 1. The molecule has 142 valence electrons. The second-order valence-corrected chi connectivity index (χ2v) is 7.10. The van der Waals surface area contributed by atoms with Gasteiger partial charge in [0.2, 0.25) is 0 Å². The van der Waals surface area contributed by atoms with E-state index >= 15 is 0 Å². The van der Waals surface area contributed by atoms with E-state index in [2.05, 4.69) is 26.1 Å². The lowest BCUT2D eigenvalue weighted by atomic mass is 9.87. The monoisotopic (exact) mass is 371 g/mol. The first-order valence-corrected chi connectivity index (χ1v) is 8.50. The van der Waals surface area contributed by atoms with Gasteiger partial charge < -0.3 is 10.1 Å². The summed E-state index contributed by atoms with van der Waals surface area (Å²) >= 11 is 0. The van der Waals surface area contributed by atoms with Crippen molar-refractivity contribution in [2.75, 3.05) is 13.2 Å². The Hall–Kier alpha value is -3.02. The number of halogens is 1. The third-order valence-corrected chi connectivity index (χ3v) is 3.92. The Bertz CT molecular complexity index is 838. The molecule has 0 unspecified atom stereocenters. The van der Waals surface area contributed by atoms with E-state index in [1.54, 1.807) is 12.1 Å². The number of nitrogens with one attached hydrogen (secondary N) is 1. The van der Waals surface area contributed by atoms with Crippen molar-refractivity contribution in [1.29, 1.82) is 0 Å². The van der Waals surface area contributed by atoms with Crippen molar-refractivity contribution in [3.05, 3.63) is 71.0 Å². The van der Waals surface area contributed by atoms with E-state index in [0.29, 0.717) is 5.56 Å². The molecular weight excluding hydrogens is 349 g/mol. The van der Waals surface area contributed by atoms with Crippen LogP contribution in [0.1, 0.15) is 47.1 Å². The van der Waals surface area contributed by atoms with Crippen molar-refractivity contribution >= 4 is 17.7 Å². The van der Waals surface area contributed by atoms with Crippen molar-refractivity contribution in [2.24, 2.45) is 0 Å². The zero-order valence-corrected chi connectivity index (χ0v) is 15.5. The average molecular weight is 371 g/mol. The molecule has 6 heteroatoms. The number of Topliss-reactive ketones (excluding diaryl/α,β-unsaturated/α-hetero) is 1. The molecule has 27 heavy (non-hydrogen) atoms. The Balaban J connectivity index is 1.81. The molecule has 0 bridgehead atoms. The summed E-state index contributed by atoms with van der Waals surface area (Å²) in [6.45, 7) is 5.34. The molecule has 2 rings (SSSR count). The van der Waals surface area contributed by atoms with Crippen LogP contribution in [0, 0.1) is 5.82 Å². The minimum atomic E-state index is -0.751. The van der Waals surface area contributed by atoms with Gasteiger partial charge in [-0.3, -0.25) is 14.4 Å². The van der Waals surface area contributed by atoms with Gasteiger partial charge in [-0.05, 0) is 35.2 Å². The Morgan fingerprint density at radius 2 is 1.67 bits per heavy atom. The number of carbonyl (C=O) groups is 3. The third-order valence-electron chi connectivity index (χ3n) is 3.92. The molecule has 0 spiro atoms. The fourth-order valence-corrected chi connectivity index (χ4v) is 2.32. The van der Waals surface area contributed by atoms with Crippen LogP contribution in [-0.4, -0.2) is 30.8 Å². The zero-order valence-electron chi connectivity index (χ0n) is 15.5. The highest BCUT2D eigenvalue weighted by atomic mass is 19.1. The van der Waals surface area contributed by atoms with E-state index in [4.69, 9.17) is 4.74 Å². The van der Waals surface area contributed by atoms with E-state index in [-0.39, 0.29) is 17.5 Å². The van der Waals surface area contributed by atoms with E-state index in [1.165, 1.54) is 18.2 Å². The van der Waals surface area contributed by atoms with Gasteiger partial charge in [-0.1, -0.05) is 45.0 Å².